The average molecular weight is 367 g/mol. The second-order valence-electron chi connectivity index (χ2n) is 6.91. The maximum atomic E-state index is 12.9. The summed E-state index contributed by atoms with van der Waals surface area (Å²) in [5.41, 5.74) is 2.37. The van der Waals surface area contributed by atoms with E-state index in [1.807, 2.05) is 25.1 Å². The number of carbonyl (C=O) groups is 1. The van der Waals surface area contributed by atoms with Crippen molar-refractivity contribution in [2.75, 3.05) is 19.0 Å². The van der Waals surface area contributed by atoms with Crippen molar-refractivity contribution in [2.24, 2.45) is 0 Å². The molecule has 1 saturated carbocycles. The molecule has 8 heteroatoms. The topological polar surface area (TPSA) is 80.1 Å². The highest BCUT2D eigenvalue weighted by molar-refractivity contribution is 7.19. The van der Waals surface area contributed by atoms with Crippen molar-refractivity contribution in [2.45, 2.75) is 25.3 Å². The Morgan fingerprint density at radius 2 is 2.04 bits per heavy atom. The van der Waals surface area contributed by atoms with Crippen LogP contribution in [-0.4, -0.2) is 34.5 Å². The minimum Gasteiger partial charge on any atom is -0.361 e. The first-order valence-corrected chi connectivity index (χ1v) is 9.37. The lowest BCUT2D eigenvalue weighted by Gasteiger charge is -2.15. The number of nitrogens with one attached hydrogen (secondary N) is 1. The Kier molecular flexibility index (Phi) is 3.21. The monoisotopic (exact) mass is 367 g/mol. The van der Waals surface area contributed by atoms with Gasteiger partial charge in [-0.05, 0) is 25.0 Å². The van der Waals surface area contributed by atoms with Gasteiger partial charge in [-0.15, -0.1) is 11.3 Å². The molecule has 0 bridgehead atoms. The predicted molar refractivity (Wildman–Crippen MR) is 100 cm³/mol. The van der Waals surface area contributed by atoms with Gasteiger partial charge in [-0.2, -0.15) is 4.98 Å². The molecule has 7 nitrogen and oxygen atoms in total. The summed E-state index contributed by atoms with van der Waals surface area (Å²) in [4.78, 5) is 35.9. The van der Waals surface area contributed by atoms with E-state index in [1.54, 1.807) is 28.0 Å². The van der Waals surface area contributed by atoms with Crippen LogP contribution in [0.4, 0.5) is 5.82 Å². The number of thiazole rings is 1. The van der Waals surface area contributed by atoms with Crippen molar-refractivity contribution in [3.8, 4) is 5.69 Å². The van der Waals surface area contributed by atoms with Gasteiger partial charge in [0.05, 0.1) is 10.7 Å². The average Bonchev–Trinajstić information content (AvgIpc) is 3.27. The smallest absolute Gasteiger partial charge is 0.355 e. The molecule has 1 N–H and O–H groups in total. The molecule has 0 spiro atoms. The van der Waals surface area contributed by atoms with Gasteiger partial charge < -0.3 is 10.2 Å². The Bertz CT molecular complexity index is 1130. The van der Waals surface area contributed by atoms with E-state index in [0.717, 1.165) is 28.1 Å². The lowest BCUT2D eigenvalue weighted by Crippen LogP contribution is -2.26. The fraction of sp³-hybridized carbons (Fsp3) is 0.333. The van der Waals surface area contributed by atoms with E-state index in [1.165, 1.54) is 0 Å². The first-order chi connectivity index (χ1) is 12.5. The molecule has 2 aromatic heterocycles. The molecule has 1 fully saturated rings. The Morgan fingerprint density at radius 3 is 2.77 bits per heavy atom. The highest BCUT2D eigenvalue weighted by Gasteiger charge is 2.30. The molecule has 1 aliphatic carbocycles. The van der Waals surface area contributed by atoms with Gasteiger partial charge in [-0.1, -0.05) is 6.07 Å². The number of carbonyl (C=O) groups excluding carboxylic acids is 1. The summed E-state index contributed by atoms with van der Waals surface area (Å²) in [5, 5.41) is 3.89. The summed E-state index contributed by atoms with van der Waals surface area (Å²) >= 11 is 1.62. The summed E-state index contributed by atoms with van der Waals surface area (Å²) < 4.78 is 2.47. The lowest BCUT2D eigenvalue weighted by molar-refractivity contribution is 0.0966. The number of hydrogen-bond acceptors (Lipinski definition) is 6. The summed E-state index contributed by atoms with van der Waals surface area (Å²) in [6.45, 7) is 0.410. The summed E-state index contributed by atoms with van der Waals surface area (Å²) in [5.74, 6) is 1.03. The number of nitrogens with zero attached hydrogens (tertiary/aromatic N) is 4. The number of benzene rings is 1. The molecular formula is C18H17N5O2S. The first kappa shape index (κ1) is 15.5. The maximum Gasteiger partial charge on any atom is 0.355 e. The van der Waals surface area contributed by atoms with E-state index >= 15 is 0 Å². The van der Waals surface area contributed by atoms with Crippen LogP contribution in [0.1, 0.15) is 39.7 Å². The number of fused-ring (bicyclic) bond motifs is 2. The third kappa shape index (κ3) is 2.18. The van der Waals surface area contributed by atoms with Gasteiger partial charge in [0.15, 0.2) is 11.5 Å². The Balaban J connectivity index is 1.84. The Labute approximate surface area is 153 Å². The van der Waals surface area contributed by atoms with Gasteiger partial charge in [0, 0.05) is 37.7 Å². The van der Waals surface area contributed by atoms with Crippen molar-refractivity contribution in [3.63, 3.8) is 0 Å². The zero-order valence-corrected chi connectivity index (χ0v) is 15.3. The quantitative estimate of drug-likeness (QED) is 0.766. The normalized spacial score (nSPS) is 16.0. The molecule has 3 heterocycles. The van der Waals surface area contributed by atoms with Crippen LogP contribution in [0.25, 0.3) is 16.0 Å². The maximum absolute atomic E-state index is 12.9. The van der Waals surface area contributed by atoms with E-state index in [0.29, 0.717) is 35.2 Å². The summed E-state index contributed by atoms with van der Waals surface area (Å²) in [7, 11) is 3.76. The van der Waals surface area contributed by atoms with Crippen LogP contribution in [-0.2, 0) is 6.54 Å². The minimum atomic E-state index is -0.374. The number of amides is 1. The van der Waals surface area contributed by atoms with E-state index in [9.17, 15) is 9.59 Å². The standard InChI is InChI=1S/C18H17N5O2S/c1-22(2)14-13-15(20-17(26-13)9-6-7-9)23(18(25)21-14)12-5-3-4-10-11(12)8-19-16(10)24/h3-5,9H,6-8H2,1-2H3,(H,19,24). The predicted octanol–water partition coefficient (Wildman–Crippen LogP) is 2.03. The fourth-order valence-corrected chi connectivity index (χ4v) is 4.67. The molecule has 1 aliphatic heterocycles. The Hall–Kier alpha value is -2.74. The summed E-state index contributed by atoms with van der Waals surface area (Å²) in [6, 6.07) is 5.43. The van der Waals surface area contributed by atoms with Crippen LogP contribution in [0.2, 0.25) is 0 Å². The van der Waals surface area contributed by atoms with Crippen LogP contribution in [0, 0.1) is 0 Å². The molecular weight excluding hydrogens is 350 g/mol. The van der Waals surface area contributed by atoms with E-state index in [-0.39, 0.29) is 11.6 Å². The van der Waals surface area contributed by atoms with Gasteiger partial charge >= 0.3 is 5.69 Å². The number of hydrogen-bond donors (Lipinski definition) is 1. The van der Waals surface area contributed by atoms with E-state index in [2.05, 4.69) is 10.3 Å². The van der Waals surface area contributed by atoms with Gasteiger partial charge in [0.25, 0.3) is 5.91 Å². The molecule has 2 aliphatic rings. The molecule has 0 unspecified atom stereocenters. The largest absolute Gasteiger partial charge is 0.361 e. The molecule has 5 rings (SSSR count). The molecule has 3 aromatic rings. The molecule has 0 atom stereocenters. The first-order valence-electron chi connectivity index (χ1n) is 8.56. The van der Waals surface area contributed by atoms with Gasteiger partial charge in [0.1, 0.15) is 4.70 Å². The van der Waals surface area contributed by atoms with Crippen molar-refractivity contribution in [1.29, 1.82) is 0 Å². The van der Waals surface area contributed by atoms with E-state index in [4.69, 9.17) is 4.98 Å². The minimum absolute atomic E-state index is 0.110. The molecule has 26 heavy (non-hydrogen) atoms. The van der Waals surface area contributed by atoms with Crippen molar-refractivity contribution < 1.29 is 4.79 Å². The van der Waals surface area contributed by atoms with Gasteiger partial charge in [-0.25, -0.2) is 14.3 Å². The zero-order valence-electron chi connectivity index (χ0n) is 14.4. The van der Waals surface area contributed by atoms with Crippen LogP contribution >= 0.6 is 11.3 Å². The van der Waals surface area contributed by atoms with Crippen LogP contribution < -0.4 is 15.9 Å². The van der Waals surface area contributed by atoms with Gasteiger partial charge in [0.2, 0.25) is 0 Å². The second kappa shape index (κ2) is 5.38. The highest BCUT2D eigenvalue weighted by Crippen LogP contribution is 2.44. The lowest BCUT2D eigenvalue weighted by atomic mass is 10.1. The second-order valence-corrected chi connectivity index (χ2v) is 7.94. The van der Waals surface area contributed by atoms with Crippen LogP contribution in [0.15, 0.2) is 23.0 Å². The molecule has 1 aromatic carbocycles. The fourth-order valence-electron chi connectivity index (χ4n) is 3.38. The van der Waals surface area contributed by atoms with Crippen molar-refractivity contribution >= 4 is 33.4 Å². The molecule has 0 saturated heterocycles. The van der Waals surface area contributed by atoms with Crippen LogP contribution in [0.5, 0.6) is 0 Å². The zero-order chi connectivity index (χ0) is 18.0. The number of anilines is 1. The number of rotatable bonds is 3. The Morgan fingerprint density at radius 1 is 1.23 bits per heavy atom. The molecule has 1 amide bonds. The van der Waals surface area contributed by atoms with Crippen LogP contribution in [0.3, 0.4) is 0 Å². The summed E-state index contributed by atoms with van der Waals surface area (Å²) in [6.07, 6.45) is 2.29. The van der Waals surface area contributed by atoms with Crippen molar-refractivity contribution in [1.82, 2.24) is 19.9 Å². The van der Waals surface area contributed by atoms with Crippen molar-refractivity contribution in [3.05, 3.63) is 44.8 Å². The molecule has 0 radical (unpaired) electrons. The van der Waals surface area contributed by atoms with E-state index < -0.39 is 0 Å². The number of aromatic nitrogens is 3. The SMILES string of the molecule is CN(C)c1nc(=O)n(-c2cccc3c2CNC3=O)c2nc(C3CC3)sc12. The third-order valence-corrected chi connectivity index (χ3v) is 6.05. The highest BCUT2D eigenvalue weighted by atomic mass is 32.1. The third-order valence-electron chi connectivity index (χ3n) is 4.85. The van der Waals surface area contributed by atoms with Gasteiger partial charge in [-0.3, -0.25) is 4.79 Å². The molecule has 132 valence electrons.